The molecule has 5 heteroatoms. The minimum atomic E-state index is -1.84. The molecule has 1 aromatic heterocycles. The van der Waals surface area contributed by atoms with Crippen molar-refractivity contribution in [2.24, 2.45) is 0 Å². The molecule has 0 amide bonds. The molecule has 0 aliphatic rings. The Morgan fingerprint density at radius 2 is 1.94 bits per heavy atom. The van der Waals surface area contributed by atoms with Crippen LogP contribution in [-0.2, 0) is 0 Å². The van der Waals surface area contributed by atoms with Crippen LogP contribution in [0.3, 0.4) is 0 Å². The largest absolute Gasteiger partial charge is 0.708 e. The van der Waals surface area contributed by atoms with Crippen molar-refractivity contribution in [2.45, 2.75) is 19.8 Å². The van der Waals surface area contributed by atoms with E-state index in [1.165, 1.54) is 5.56 Å². The van der Waals surface area contributed by atoms with E-state index in [-0.39, 0.29) is 5.88 Å². The number of fused-ring (bicyclic) bond motifs is 1. The monoisotopic (exact) mass is 231 g/mol. The molecule has 0 atom stereocenters. The summed E-state index contributed by atoms with van der Waals surface area (Å²) in [7, 11) is -1.84. The zero-order chi connectivity index (χ0) is 12.4. The van der Waals surface area contributed by atoms with E-state index in [1.807, 2.05) is 18.2 Å². The third kappa shape index (κ3) is 2.75. The fraction of sp³-hybridized carbons (Fsp3) is 0.250. The highest BCUT2D eigenvalue weighted by molar-refractivity contribution is 6.33. The van der Waals surface area contributed by atoms with E-state index < -0.39 is 7.32 Å². The number of pyridine rings is 1. The van der Waals surface area contributed by atoms with Crippen molar-refractivity contribution in [3.05, 3.63) is 35.9 Å². The van der Waals surface area contributed by atoms with Crippen LogP contribution in [0.15, 0.2) is 30.3 Å². The molecule has 0 aliphatic heterocycles. The highest BCUT2D eigenvalue weighted by atomic mass is 16.6. The quantitative estimate of drug-likeness (QED) is 0.789. The van der Waals surface area contributed by atoms with Crippen LogP contribution in [0.1, 0.15) is 25.3 Å². The first kappa shape index (κ1) is 11.9. The molecule has 0 radical (unpaired) electrons. The van der Waals surface area contributed by atoms with Gasteiger partial charge in [-0.25, -0.2) is 4.98 Å². The lowest BCUT2D eigenvalue weighted by atomic mass is 10.0. The van der Waals surface area contributed by atoms with E-state index in [9.17, 15) is 0 Å². The highest BCUT2D eigenvalue weighted by Crippen LogP contribution is 2.22. The standard InChI is InChI=1S/C12H14BNO3/c1-8(2)9-3-5-11-10(7-9)4-6-12(14-11)17-13(15)16/h3-8,15-16H,1-2H3. The summed E-state index contributed by atoms with van der Waals surface area (Å²) in [4.78, 5) is 4.17. The molecule has 0 fully saturated rings. The molecule has 1 heterocycles. The smallest absolute Gasteiger partial charge is 0.498 e. The summed E-state index contributed by atoms with van der Waals surface area (Å²) in [6.45, 7) is 4.27. The second-order valence-electron chi connectivity index (χ2n) is 4.20. The van der Waals surface area contributed by atoms with Gasteiger partial charge < -0.3 is 14.7 Å². The zero-order valence-corrected chi connectivity index (χ0v) is 9.79. The number of hydrogen-bond donors (Lipinski definition) is 2. The van der Waals surface area contributed by atoms with Gasteiger partial charge in [-0.2, -0.15) is 0 Å². The summed E-state index contributed by atoms with van der Waals surface area (Å²) in [6.07, 6.45) is 0. The Bertz CT molecular complexity index is 528. The maximum Gasteiger partial charge on any atom is 0.708 e. The van der Waals surface area contributed by atoms with Gasteiger partial charge in [-0.1, -0.05) is 19.9 Å². The van der Waals surface area contributed by atoms with Crippen LogP contribution in [0.25, 0.3) is 10.9 Å². The molecule has 0 aliphatic carbocycles. The molecule has 4 nitrogen and oxygen atoms in total. The first-order valence-corrected chi connectivity index (χ1v) is 5.50. The lowest BCUT2D eigenvalue weighted by Crippen LogP contribution is -2.21. The fourth-order valence-electron chi connectivity index (χ4n) is 1.66. The van der Waals surface area contributed by atoms with Crippen molar-refractivity contribution in [1.29, 1.82) is 0 Å². The van der Waals surface area contributed by atoms with Crippen LogP contribution in [0, 0.1) is 0 Å². The fourth-order valence-corrected chi connectivity index (χ4v) is 1.66. The minimum Gasteiger partial charge on any atom is -0.498 e. The van der Waals surface area contributed by atoms with Gasteiger partial charge in [-0.05, 0) is 35.7 Å². The third-order valence-electron chi connectivity index (χ3n) is 2.58. The summed E-state index contributed by atoms with van der Waals surface area (Å²) in [6, 6.07) is 9.46. The minimum absolute atomic E-state index is 0.199. The molecule has 1 aromatic carbocycles. The van der Waals surface area contributed by atoms with Crippen LogP contribution >= 0.6 is 0 Å². The maximum absolute atomic E-state index is 8.69. The van der Waals surface area contributed by atoms with Crippen molar-refractivity contribution in [2.75, 3.05) is 0 Å². The van der Waals surface area contributed by atoms with E-state index in [0.717, 1.165) is 10.9 Å². The van der Waals surface area contributed by atoms with Crippen molar-refractivity contribution in [3.63, 3.8) is 0 Å². The second kappa shape index (κ2) is 4.73. The predicted octanol–water partition coefficient (Wildman–Crippen LogP) is 1.71. The van der Waals surface area contributed by atoms with E-state index >= 15 is 0 Å². The Morgan fingerprint density at radius 1 is 1.18 bits per heavy atom. The Kier molecular flexibility index (Phi) is 3.31. The van der Waals surface area contributed by atoms with E-state index in [0.29, 0.717) is 5.92 Å². The first-order valence-electron chi connectivity index (χ1n) is 5.50. The van der Waals surface area contributed by atoms with E-state index in [1.54, 1.807) is 6.07 Å². The number of hydrogen-bond acceptors (Lipinski definition) is 4. The maximum atomic E-state index is 8.69. The molecule has 0 saturated carbocycles. The summed E-state index contributed by atoms with van der Waals surface area (Å²) in [5.74, 6) is 0.666. The van der Waals surface area contributed by atoms with Gasteiger partial charge in [0.25, 0.3) is 0 Å². The molecular formula is C12H14BNO3. The van der Waals surface area contributed by atoms with Crippen LogP contribution in [0.2, 0.25) is 0 Å². The van der Waals surface area contributed by atoms with Gasteiger partial charge >= 0.3 is 7.32 Å². The van der Waals surface area contributed by atoms with Crippen molar-refractivity contribution < 1.29 is 14.7 Å². The van der Waals surface area contributed by atoms with Gasteiger partial charge in [-0.15, -0.1) is 0 Å². The van der Waals surface area contributed by atoms with Crippen molar-refractivity contribution in [3.8, 4) is 5.88 Å². The lowest BCUT2D eigenvalue weighted by molar-refractivity contribution is 0.284. The van der Waals surface area contributed by atoms with Crippen LogP contribution < -0.4 is 4.65 Å². The average Bonchev–Trinajstić information content (AvgIpc) is 2.27. The zero-order valence-electron chi connectivity index (χ0n) is 9.79. The molecule has 0 saturated heterocycles. The molecule has 17 heavy (non-hydrogen) atoms. The lowest BCUT2D eigenvalue weighted by Gasteiger charge is -2.08. The Morgan fingerprint density at radius 3 is 2.59 bits per heavy atom. The molecule has 0 unspecified atom stereocenters. The Balaban J connectivity index is 2.39. The van der Waals surface area contributed by atoms with Crippen LogP contribution in [0.4, 0.5) is 0 Å². The topological polar surface area (TPSA) is 62.6 Å². The summed E-state index contributed by atoms with van der Waals surface area (Å²) < 4.78 is 4.70. The van der Waals surface area contributed by atoms with Gasteiger partial charge in [0, 0.05) is 5.39 Å². The molecular weight excluding hydrogens is 217 g/mol. The van der Waals surface area contributed by atoms with Crippen LogP contribution in [0.5, 0.6) is 5.88 Å². The van der Waals surface area contributed by atoms with Gasteiger partial charge in [0.05, 0.1) is 5.52 Å². The molecule has 2 N–H and O–H groups in total. The Labute approximate surface area is 100 Å². The molecule has 0 bridgehead atoms. The first-order chi connectivity index (χ1) is 8.06. The summed E-state index contributed by atoms with van der Waals surface area (Å²) in [5, 5.41) is 18.4. The van der Waals surface area contributed by atoms with E-state index in [4.69, 9.17) is 14.7 Å². The summed E-state index contributed by atoms with van der Waals surface area (Å²) in [5.41, 5.74) is 2.02. The van der Waals surface area contributed by atoms with Gasteiger partial charge in [0.2, 0.25) is 0 Å². The van der Waals surface area contributed by atoms with Crippen molar-refractivity contribution >= 4 is 18.2 Å². The number of aromatic nitrogens is 1. The average molecular weight is 231 g/mol. The van der Waals surface area contributed by atoms with Gasteiger partial charge in [-0.3, -0.25) is 0 Å². The molecule has 0 spiro atoms. The van der Waals surface area contributed by atoms with Gasteiger partial charge in [0.1, 0.15) is 0 Å². The number of rotatable bonds is 3. The highest BCUT2D eigenvalue weighted by Gasteiger charge is 2.12. The molecule has 88 valence electrons. The molecule has 2 rings (SSSR count). The molecule has 2 aromatic rings. The normalized spacial score (nSPS) is 10.9. The predicted molar refractivity (Wildman–Crippen MR) is 66.7 cm³/mol. The third-order valence-corrected chi connectivity index (χ3v) is 2.58. The van der Waals surface area contributed by atoms with Crippen LogP contribution in [-0.4, -0.2) is 22.4 Å². The van der Waals surface area contributed by atoms with Gasteiger partial charge in [0.15, 0.2) is 5.88 Å². The number of benzene rings is 1. The number of nitrogens with zero attached hydrogens (tertiary/aromatic N) is 1. The summed E-state index contributed by atoms with van der Waals surface area (Å²) >= 11 is 0. The van der Waals surface area contributed by atoms with E-state index in [2.05, 4.69) is 24.9 Å². The second-order valence-corrected chi connectivity index (χ2v) is 4.20. The SMILES string of the molecule is CC(C)c1ccc2nc(OB(O)O)ccc2c1. The van der Waals surface area contributed by atoms with Crippen molar-refractivity contribution in [1.82, 2.24) is 4.98 Å². The Hall–Kier alpha value is -1.59.